The highest BCUT2D eigenvalue weighted by Gasteiger charge is 2.35. The molecule has 45 heavy (non-hydrogen) atoms. The van der Waals surface area contributed by atoms with E-state index in [1.54, 1.807) is 40.9 Å². The molecule has 0 aliphatic carbocycles. The molecule has 11 heteroatoms. The second-order valence-corrected chi connectivity index (χ2v) is 14.2. The Bertz CT molecular complexity index is 1460. The number of rotatable bonds is 9. The normalized spacial score (nSPS) is 15.1. The molecule has 2 aromatic carbocycles. The number of alkyl halides is 3. The topological polar surface area (TPSA) is 80.2 Å². The van der Waals surface area contributed by atoms with Gasteiger partial charge in [0.1, 0.15) is 5.60 Å². The molecule has 0 spiro atoms. The molecule has 244 valence electrons. The smallest absolute Gasteiger partial charge is 0.444 e. The molecule has 1 aliphatic rings. The van der Waals surface area contributed by atoms with Gasteiger partial charge in [-0.05, 0) is 74.9 Å². The number of hydrogen-bond acceptors (Lipinski definition) is 6. The summed E-state index contributed by atoms with van der Waals surface area (Å²) in [5.74, 6) is -0.763. The molecule has 0 saturated heterocycles. The highest BCUT2D eigenvalue weighted by molar-refractivity contribution is 7.99. The number of hydrogen-bond donors (Lipinski definition) is 1. The molecule has 0 radical (unpaired) electrons. The number of oxime groups is 1. The van der Waals surface area contributed by atoms with Gasteiger partial charge in [-0.1, -0.05) is 68.4 Å². The molecule has 1 aliphatic heterocycles. The van der Waals surface area contributed by atoms with E-state index in [-0.39, 0.29) is 23.1 Å². The number of ether oxygens (including phenoxy) is 1. The maximum absolute atomic E-state index is 13.3. The van der Waals surface area contributed by atoms with E-state index < -0.39 is 23.6 Å². The van der Waals surface area contributed by atoms with Crippen molar-refractivity contribution in [1.82, 2.24) is 5.32 Å². The van der Waals surface area contributed by atoms with Gasteiger partial charge in [-0.3, -0.25) is 4.79 Å². The Balaban J connectivity index is 1.81. The van der Waals surface area contributed by atoms with E-state index in [0.29, 0.717) is 30.7 Å². The molecule has 0 aromatic heterocycles. The second-order valence-electron chi connectivity index (χ2n) is 13.0. The van der Waals surface area contributed by atoms with E-state index in [0.717, 1.165) is 27.3 Å². The summed E-state index contributed by atoms with van der Waals surface area (Å²) in [6.45, 7) is 20.5. The molecule has 7 nitrogen and oxygen atoms in total. The maximum Gasteiger partial charge on any atom is 0.451 e. The largest absolute Gasteiger partial charge is 0.451 e. The highest BCUT2D eigenvalue weighted by atomic mass is 32.2. The van der Waals surface area contributed by atoms with Gasteiger partial charge >= 0.3 is 12.3 Å². The summed E-state index contributed by atoms with van der Waals surface area (Å²) in [7, 11) is 0. The number of amides is 2. The molecule has 2 aromatic rings. The lowest BCUT2D eigenvalue weighted by molar-refractivity contribution is -0.130. The predicted molar refractivity (Wildman–Crippen MR) is 173 cm³/mol. The van der Waals surface area contributed by atoms with Crippen LogP contribution in [-0.4, -0.2) is 41.3 Å². The van der Waals surface area contributed by atoms with Crippen molar-refractivity contribution < 1.29 is 32.3 Å². The third-order valence-corrected chi connectivity index (χ3v) is 7.94. The Morgan fingerprint density at radius 3 is 2.24 bits per heavy atom. The number of carbonyl (C=O) groups excluding carboxylic acids is 2. The second kappa shape index (κ2) is 14.1. The summed E-state index contributed by atoms with van der Waals surface area (Å²) in [4.78, 5) is 33.1. The van der Waals surface area contributed by atoms with Gasteiger partial charge in [-0.2, -0.15) is 13.2 Å². The monoisotopic (exact) mass is 645 g/mol. The Labute approximate surface area is 267 Å². The summed E-state index contributed by atoms with van der Waals surface area (Å²) >= 11 is 1.62. The molecule has 0 saturated carbocycles. The van der Waals surface area contributed by atoms with Crippen molar-refractivity contribution in [2.45, 2.75) is 90.6 Å². The summed E-state index contributed by atoms with van der Waals surface area (Å²) in [5.41, 5.74) is 3.24. The predicted octanol–water partition coefficient (Wildman–Crippen LogP) is 8.57. The van der Waals surface area contributed by atoms with Gasteiger partial charge in [0, 0.05) is 17.1 Å². The van der Waals surface area contributed by atoms with Crippen LogP contribution in [-0.2, 0) is 27.3 Å². The van der Waals surface area contributed by atoms with Crippen molar-refractivity contribution in [2.75, 3.05) is 10.7 Å². The number of nitrogens with one attached hydrogen (secondary N) is 1. The molecule has 1 heterocycles. The lowest BCUT2D eigenvalue weighted by Gasteiger charge is -2.34. The number of benzene rings is 2. The van der Waals surface area contributed by atoms with Gasteiger partial charge in [0.2, 0.25) is 11.7 Å². The van der Waals surface area contributed by atoms with Crippen molar-refractivity contribution >= 4 is 35.2 Å². The molecule has 1 N–H and O–H groups in total. The quantitative estimate of drug-likeness (QED) is 0.128. The summed E-state index contributed by atoms with van der Waals surface area (Å²) in [5, 5.41) is 6.53. The number of anilines is 1. The molecular formula is C34H42F3N3O4S. The number of alkyl carbamates (subject to hydrolysis) is 1. The molecular weight excluding hydrogens is 603 g/mol. The first kappa shape index (κ1) is 35.7. The van der Waals surface area contributed by atoms with Gasteiger partial charge in [-0.25, -0.2) is 4.79 Å². The van der Waals surface area contributed by atoms with Crippen LogP contribution in [0.25, 0.3) is 0 Å². The van der Waals surface area contributed by atoms with Crippen molar-refractivity contribution in [3.63, 3.8) is 0 Å². The van der Waals surface area contributed by atoms with E-state index in [4.69, 9.17) is 4.74 Å². The van der Waals surface area contributed by atoms with Crippen molar-refractivity contribution in [1.29, 1.82) is 0 Å². The molecule has 1 atom stereocenters. The number of thioether (sulfide) groups is 1. The minimum atomic E-state index is -4.69. The van der Waals surface area contributed by atoms with E-state index in [1.165, 1.54) is 6.92 Å². The zero-order chi connectivity index (χ0) is 33.7. The van der Waals surface area contributed by atoms with Gasteiger partial charge < -0.3 is 19.8 Å². The molecule has 2 amide bonds. The fourth-order valence-electron chi connectivity index (χ4n) is 4.68. The van der Waals surface area contributed by atoms with E-state index in [9.17, 15) is 22.8 Å². The minimum Gasteiger partial charge on any atom is -0.444 e. The number of carbonyl (C=O) groups is 2. The first-order valence-corrected chi connectivity index (χ1v) is 15.5. The zero-order valence-corrected chi connectivity index (χ0v) is 27.7. The number of fused-ring (bicyclic) bond motifs is 1. The van der Waals surface area contributed by atoms with E-state index >= 15 is 0 Å². The average Bonchev–Trinajstić information content (AvgIpc) is 3.06. The number of allylic oxidation sites excluding steroid dienone is 1. The fourth-order valence-corrected chi connectivity index (χ4v) is 5.66. The first-order valence-electron chi connectivity index (χ1n) is 14.5. The van der Waals surface area contributed by atoms with Gasteiger partial charge in [0.05, 0.1) is 24.0 Å². The Kier molecular flexibility index (Phi) is 11.2. The van der Waals surface area contributed by atoms with Gasteiger partial charge in [0.25, 0.3) is 0 Å². The van der Waals surface area contributed by atoms with Crippen LogP contribution in [0.15, 0.2) is 77.0 Å². The molecule has 0 bridgehead atoms. The number of halogens is 3. The van der Waals surface area contributed by atoms with Crippen LogP contribution in [0.1, 0.15) is 71.6 Å². The third-order valence-electron chi connectivity index (χ3n) is 6.88. The van der Waals surface area contributed by atoms with E-state index in [1.807, 2.05) is 59.7 Å². The Hall–Kier alpha value is -3.73. The van der Waals surface area contributed by atoms with Crippen LogP contribution in [0.2, 0.25) is 0 Å². The maximum atomic E-state index is 13.3. The number of nitrogens with zero attached hydrogens (tertiary/aromatic N) is 2. The Morgan fingerprint density at radius 1 is 1.04 bits per heavy atom. The van der Waals surface area contributed by atoms with Crippen LogP contribution >= 0.6 is 11.8 Å². The summed E-state index contributed by atoms with van der Waals surface area (Å²) < 4.78 is 43.5. The minimum absolute atomic E-state index is 0.0164. The lowest BCUT2D eigenvalue weighted by atomic mass is 9.80. The van der Waals surface area contributed by atoms with E-state index in [2.05, 4.69) is 28.5 Å². The SMILES string of the molecule is C=C(Cc1ccc2c(c1)N(Cc1ccc(/C(C)=N/OC(=C)C(F)(F)F)cc1)C(=O)CCS2)C(NC(=O)OC(C)(C)C)C(C)(C)C. The fraction of sp³-hybridized carbons (Fsp3) is 0.441. The van der Waals surface area contributed by atoms with Crippen LogP contribution in [0.4, 0.5) is 23.7 Å². The van der Waals surface area contributed by atoms with Crippen LogP contribution in [0.5, 0.6) is 0 Å². The standard InChI is InChI=1S/C34H42F3N3O4S/c1-21(30(32(4,5)6)38-31(42)43-33(7,8)9)18-25-12-15-28-27(19-25)40(29(41)16-17-45-28)20-24-10-13-26(14-11-24)22(2)39-44-23(3)34(35,36)37/h10-15,19,30H,1,3,16-18,20H2,2,4-9H3,(H,38,42)/b39-22+. The third kappa shape index (κ3) is 10.4. The Morgan fingerprint density at radius 2 is 1.67 bits per heavy atom. The highest BCUT2D eigenvalue weighted by Crippen LogP contribution is 2.37. The molecule has 0 fully saturated rings. The summed E-state index contributed by atoms with van der Waals surface area (Å²) in [6.07, 6.45) is -4.35. The average molecular weight is 646 g/mol. The zero-order valence-electron chi connectivity index (χ0n) is 26.9. The van der Waals surface area contributed by atoms with Gasteiger partial charge in [0.15, 0.2) is 0 Å². The lowest BCUT2D eigenvalue weighted by Crippen LogP contribution is -2.47. The van der Waals surface area contributed by atoms with Gasteiger partial charge in [-0.15, -0.1) is 11.8 Å². The molecule has 1 unspecified atom stereocenters. The van der Waals surface area contributed by atoms with Crippen molar-refractivity contribution in [2.24, 2.45) is 10.6 Å². The molecule has 3 rings (SSSR count). The van der Waals surface area contributed by atoms with Crippen molar-refractivity contribution in [3.05, 3.63) is 83.6 Å². The van der Waals surface area contributed by atoms with Crippen LogP contribution in [0.3, 0.4) is 0 Å². The first-order chi connectivity index (χ1) is 20.7. The summed E-state index contributed by atoms with van der Waals surface area (Å²) in [6, 6.07) is 12.7. The van der Waals surface area contributed by atoms with Crippen LogP contribution in [0, 0.1) is 5.41 Å². The van der Waals surface area contributed by atoms with Crippen molar-refractivity contribution in [3.8, 4) is 0 Å². The van der Waals surface area contributed by atoms with Crippen LogP contribution < -0.4 is 10.2 Å².